The van der Waals surface area contributed by atoms with Crippen molar-refractivity contribution in [1.82, 2.24) is 0 Å². The quantitative estimate of drug-likeness (QED) is 0.0603. The highest BCUT2D eigenvalue weighted by Crippen LogP contribution is 2.28. The van der Waals surface area contributed by atoms with Crippen molar-refractivity contribution in [2.75, 3.05) is 10.6 Å². The zero-order valence-electron chi connectivity index (χ0n) is 26.4. The number of aromatic nitrogens is 1. The lowest BCUT2D eigenvalue weighted by Gasteiger charge is -2.11. The van der Waals surface area contributed by atoms with Crippen LogP contribution in [0.3, 0.4) is 0 Å². The Balaban J connectivity index is 0.00000562. The van der Waals surface area contributed by atoms with Gasteiger partial charge in [0, 0.05) is 47.3 Å². The Morgan fingerprint density at radius 2 is 1.20 bits per heavy atom. The van der Waals surface area contributed by atoms with Gasteiger partial charge in [-0.15, -0.1) is 0 Å². The van der Waals surface area contributed by atoms with Crippen LogP contribution in [-0.2, 0) is 21.2 Å². The molecule has 11 nitrogen and oxygen atoms in total. The molecular formula is C36H31BrN4O7S2. The van der Waals surface area contributed by atoms with E-state index in [9.17, 15) is 32.9 Å². The Bertz CT molecular complexity index is 2100. The number of benzene rings is 4. The molecule has 0 radical (unpaired) electrons. The van der Waals surface area contributed by atoms with Crippen molar-refractivity contribution < 1.29 is 49.3 Å². The average molecular weight is 776 g/mol. The first kappa shape index (κ1) is 37.6. The average Bonchev–Trinajstić information content (AvgIpc) is 3.11. The molecule has 1 aromatic heterocycles. The van der Waals surface area contributed by atoms with Crippen LogP contribution in [0.1, 0.15) is 40.0 Å². The Labute approximate surface area is 303 Å². The minimum atomic E-state index is -3.95. The second kappa shape index (κ2) is 17.5. The SMILES string of the molecule is O=C(CCCC[n+]1ccccc1)Sc1ccccc1C(=O)Nc1ccc(S(=O)(=O)c2ccc(NC(=O)c3ccccc3[N+](=O)[O-])cc2)cc1.[Br-]. The summed E-state index contributed by atoms with van der Waals surface area (Å²) in [4.78, 5) is 49.5. The van der Waals surface area contributed by atoms with E-state index < -0.39 is 26.6 Å². The first-order valence-corrected chi connectivity index (χ1v) is 17.5. The lowest BCUT2D eigenvalue weighted by atomic mass is 10.1. The maximum atomic E-state index is 13.3. The van der Waals surface area contributed by atoms with E-state index in [0.29, 0.717) is 22.6 Å². The normalized spacial score (nSPS) is 10.8. The fraction of sp³-hybridized carbons (Fsp3) is 0.111. The van der Waals surface area contributed by atoms with Crippen LogP contribution in [0.5, 0.6) is 0 Å². The molecule has 0 aliphatic heterocycles. The highest BCUT2D eigenvalue weighted by molar-refractivity contribution is 8.13. The lowest BCUT2D eigenvalue weighted by Crippen LogP contribution is -3.00. The zero-order chi connectivity index (χ0) is 34.8. The molecule has 0 aliphatic rings. The predicted molar refractivity (Wildman–Crippen MR) is 185 cm³/mol. The topological polar surface area (TPSA) is 156 Å². The largest absolute Gasteiger partial charge is 1.00 e. The third-order valence-corrected chi connectivity index (χ3v) is 10.2. The molecule has 0 atom stereocenters. The van der Waals surface area contributed by atoms with E-state index in [4.69, 9.17) is 0 Å². The number of nitro groups is 1. The van der Waals surface area contributed by atoms with E-state index in [1.165, 1.54) is 72.8 Å². The number of anilines is 2. The molecule has 2 amide bonds. The molecule has 5 aromatic rings. The molecule has 0 aliphatic carbocycles. The third kappa shape index (κ3) is 9.71. The molecule has 0 saturated heterocycles. The number of unbranched alkanes of at least 4 members (excludes halogenated alkanes) is 1. The summed E-state index contributed by atoms with van der Waals surface area (Å²) in [5.41, 5.74) is 0.462. The number of nitrogens with one attached hydrogen (secondary N) is 2. The molecule has 0 bridgehead atoms. The van der Waals surface area contributed by atoms with Crippen LogP contribution >= 0.6 is 11.8 Å². The zero-order valence-corrected chi connectivity index (χ0v) is 29.6. The van der Waals surface area contributed by atoms with Crippen molar-refractivity contribution in [2.45, 2.75) is 40.5 Å². The summed E-state index contributed by atoms with van der Waals surface area (Å²) in [6.45, 7) is 0.814. The number of rotatable bonds is 13. The fourth-order valence-electron chi connectivity index (χ4n) is 4.86. The van der Waals surface area contributed by atoms with Gasteiger partial charge in [-0.05, 0) is 73.2 Å². The summed E-state index contributed by atoms with van der Waals surface area (Å²) in [7, 11) is -3.95. The highest BCUT2D eigenvalue weighted by Gasteiger charge is 2.21. The van der Waals surface area contributed by atoms with Gasteiger partial charge >= 0.3 is 0 Å². The number of carbonyl (C=O) groups is 3. The van der Waals surface area contributed by atoms with Crippen LogP contribution in [0, 0.1) is 10.1 Å². The molecule has 14 heteroatoms. The van der Waals surface area contributed by atoms with Gasteiger partial charge < -0.3 is 27.6 Å². The maximum Gasteiger partial charge on any atom is 0.282 e. The summed E-state index contributed by atoms with van der Waals surface area (Å²) in [5, 5.41) is 16.5. The number of amides is 2. The molecule has 0 fully saturated rings. The Morgan fingerprint density at radius 3 is 1.78 bits per heavy atom. The van der Waals surface area contributed by atoms with Crippen LogP contribution < -0.4 is 32.2 Å². The summed E-state index contributed by atoms with van der Waals surface area (Å²) in [6, 6.07) is 29.3. The summed E-state index contributed by atoms with van der Waals surface area (Å²) in [6.07, 6.45) is 5.91. The number of hydrogen-bond acceptors (Lipinski definition) is 8. The van der Waals surface area contributed by atoms with Crippen molar-refractivity contribution in [2.24, 2.45) is 0 Å². The minimum Gasteiger partial charge on any atom is -1.00 e. The summed E-state index contributed by atoms with van der Waals surface area (Å²) < 4.78 is 28.6. The number of hydrogen-bond donors (Lipinski definition) is 2. The standard InChI is InChI=1S/C36H30N4O7S2.BrH/c41-34(14-6-9-25-39-23-7-1-8-24-39)48-33-13-5-3-11-31(33)36(43)38-27-17-21-29(22-18-27)49(46,47)28-19-15-26(16-20-28)37-35(42)30-10-2-4-12-32(30)40(44)45;/h1-5,7-8,10-13,15-24H,6,9,14,25H2,(H-,37,38,42,43);1H. The first-order valence-electron chi connectivity index (χ1n) is 15.2. The van der Waals surface area contributed by atoms with Gasteiger partial charge in [0.05, 0.1) is 20.3 Å². The van der Waals surface area contributed by atoms with Gasteiger partial charge in [0.15, 0.2) is 17.5 Å². The van der Waals surface area contributed by atoms with Gasteiger partial charge in [-0.1, -0.05) is 42.1 Å². The number of pyridine rings is 1. The van der Waals surface area contributed by atoms with E-state index in [2.05, 4.69) is 15.2 Å². The van der Waals surface area contributed by atoms with E-state index in [0.717, 1.165) is 31.1 Å². The van der Waals surface area contributed by atoms with Gasteiger partial charge in [-0.25, -0.2) is 13.0 Å². The lowest BCUT2D eigenvalue weighted by molar-refractivity contribution is -0.697. The van der Waals surface area contributed by atoms with E-state index >= 15 is 0 Å². The van der Waals surface area contributed by atoms with Gasteiger partial charge in [-0.2, -0.15) is 0 Å². The van der Waals surface area contributed by atoms with Gasteiger partial charge in [0.25, 0.3) is 17.5 Å². The number of para-hydroxylation sites is 1. The molecule has 0 saturated carbocycles. The molecule has 0 spiro atoms. The maximum absolute atomic E-state index is 13.3. The van der Waals surface area contributed by atoms with Gasteiger partial charge in [0.2, 0.25) is 9.84 Å². The fourth-order valence-corrected chi connectivity index (χ4v) is 7.03. The molecule has 4 aromatic carbocycles. The number of aryl methyl sites for hydroxylation is 1. The third-order valence-electron chi connectivity index (χ3n) is 7.37. The van der Waals surface area contributed by atoms with E-state index in [-0.39, 0.29) is 48.8 Å². The summed E-state index contributed by atoms with van der Waals surface area (Å²) >= 11 is 1.03. The van der Waals surface area contributed by atoms with Crippen LogP contribution in [0.2, 0.25) is 0 Å². The number of carbonyl (C=O) groups excluding carboxylic acids is 3. The minimum absolute atomic E-state index is 0. The molecule has 256 valence electrons. The van der Waals surface area contributed by atoms with Crippen LogP contribution in [0.15, 0.2) is 142 Å². The number of nitrogens with zero attached hydrogens (tertiary/aromatic N) is 2. The smallest absolute Gasteiger partial charge is 0.282 e. The summed E-state index contributed by atoms with van der Waals surface area (Å²) in [5.74, 6) is -1.15. The number of thioether (sulfide) groups is 1. The molecule has 50 heavy (non-hydrogen) atoms. The highest BCUT2D eigenvalue weighted by atomic mass is 79.9. The first-order chi connectivity index (χ1) is 23.6. The number of nitro benzene ring substituents is 1. The Hall–Kier alpha value is -5.18. The molecule has 5 rings (SSSR count). The monoisotopic (exact) mass is 774 g/mol. The van der Waals surface area contributed by atoms with Gasteiger partial charge in [-0.3, -0.25) is 24.5 Å². The molecule has 0 unspecified atom stereocenters. The van der Waals surface area contributed by atoms with Crippen LogP contribution in [0.4, 0.5) is 17.1 Å². The number of sulfone groups is 1. The van der Waals surface area contributed by atoms with E-state index in [1.54, 1.807) is 24.3 Å². The molecule has 1 heterocycles. The van der Waals surface area contributed by atoms with Crippen molar-refractivity contribution in [3.63, 3.8) is 0 Å². The molecule has 2 N–H and O–H groups in total. The number of halogens is 1. The predicted octanol–water partition coefficient (Wildman–Crippen LogP) is 3.71. The second-order valence-corrected chi connectivity index (χ2v) is 13.8. The van der Waals surface area contributed by atoms with Crippen molar-refractivity contribution in [3.8, 4) is 0 Å². The Kier molecular flexibility index (Phi) is 13.1. The van der Waals surface area contributed by atoms with Crippen molar-refractivity contribution in [3.05, 3.63) is 149 Å². The second-order valence-electron chi connectivity index (χ2n) is 10.8. The van der Waals surface area contributed by atoms with Gasteiger partial charge in [0.1, 0.15) is 12.1 Å². The van der Waals surface area contributed by atoms with E-state index in [1.807, 2.05) is 30.6 Å². The van der Waals surface area contributed by atoms with Crippen molar-refractivity contribution in [1.29, 1.82) is 0 Å². The molecular weight excluding hydrogens is 744 g/mol. The van der Waals surface area contributed by atoms with Crippen molar-refractivity contribution >= 4 is 55.6 Å². The van der Waals surface area contributed by atoms with Crippen LogP contribution in [-0.4, -0.2) is 30.3 Å². The Morgan fingerprint density at radius 1 is 0.680 bits per heavy atom. The van der Waals surface area contributed by atoms with Crippen LogP contribution in [0.25, 0.3) is 0 Å².